The summed E-state index contributed by atoms with van der Waals surface area (Å²) >= 11 is 0. The molecule has 1 aromatic heterocycles. The van der Waals surface area contributed by atoms with E-state index in [2.05, 4.69) is 29.3 Å². The number of hydrogen-bond donors (Lipinski definition) is 1. The molecule has 0 aliphatic carbocycles. The third-order valence-corrected chi connectivity index (χ3v) is 8.57. The fourth-order valence-electron chi connectivity index (χ4n) is 6.23. The van der Waals surface area contributed by atoms with Crippen LogP contribution in [0.5, 0.6) is 5.75 Å². The highest BCUT2D eigenvalue weighted by molar-refractivity contribution is 6.45. The molecule has 2 aromatic carbocycles. The van der Waals surface area contributed by atoms with Gasteiger partial charge in [0.2, 0.25) is 0 Å². The van der Waals surface area contributed by atoms with Crippen LogP contribution >= 0.6 is 0 Å². The van der Waals surface area contributed by atoms with Crippen LogP contribution in [0.2, 0.25) is 0 Å². The van der Waals surface area contributed by atoms with Crippen LogP contribution in [0, 0.1) is 5.92 Å². The van der Waals surface area contributed by atoms with Crippen LogP contribution in [-0.4, -0.2) is 77.4 Å². The summed E-state index contributed by atoms with van der Waals surface area (Å²) < 4.78 is 5.31. The summed E-state index contributed by atoms with van der Waals surface area (Å²) in [6, 6.07) is 13.9. The molecule has 39 heavy (non-hydrogen) atoms. The Labute approximate surface area is 228 Å². The summed E-state index contributed by atoms with van der Waals surface area (Å²) in [4.78, 5) is 36.2. The standard InChI is InChI=1S/C31H35N5O3/c1-20-11-13-32-29(31(38)35-14-3-4-24(18-35)21-7-9-25(39-2)10-8-21)26-12-15-36(19-27(20)26)30(37)22-5-6-23-17-33-34-28(23)16-22/h5-10,16-17,20,24H,3-4,11-15,18-19H2,1-2H3,(H,33,34). The number of carbonyl (C=O) groups excluding carboxylic acids is 2. The molecule has 3 aliphatic heterocycles. The minimum absolute atomic E-state index is 0.0117. The van der Waals surface area contributed by atoms with Gasteiger partial charge in [-0.25, -0.2) is 0 Å². The van der Waals surface area contributed by atoms with Crippen molar-refractivity contribution in [2.75, 3.05) is 39.8 Å². The summed E-state index contributed by atoms with van der Waals surface area (Å²) in [6.07, 6.45) is 5.33. The lowest BCUT2D eigenvalue weighted by Gasteiger charge is -2.36. The molecule has 0 saturated carbocycles. The predicted octanol–water partition coefficient (Wildman–Crippen LogP) is 4.60. The number of aromatic nitrogens is 2. The number of ether oxygens (including phenoxy) is 1. The summed E-state index contributed by atoms with van der Waals surface area (Å²) in [5.41, 5.74) is 5.62. The Hall–Kier alpha value is -3.94. The van der Waals surface area contributed by atoms with E-state index >= 15 is 0 Å². The highest BCUT2D eigenvalue weighted by Gasteiger charge is 2.35. The van der Waals surface area contributed by atoms with Crippen molar-refractivity contribution < 1.29 is 14.3 Å². The van der Waals surface area contributed by atoms with Gasteiger partial charge in [0.05, 0.1) is 18.8 Å². The largest absolute Gasteiger partial charge is 0.497 e. The molecule has 8 heteroatoms. The molecule has 0 bridgehead atoms. The van der Waals surface area contributed by atoms with E-state index in [0.717, 1.165) is 48.0 Å². The quantitative estimate of drug-likeness (QED) is 0.539. The van der Waals surface area contributed by atoms with Crippen LogP contribution < -0.4 is 4.74 Å². The van der Waals surface area contributed by atoms with E-state index in [1.807, 2.05) is 40.1 Å². The Balaban J connectivity index is 1.21. The van der Waals surface area contributed by atoms with Crippen molar-refractivity contribution in [3.8, 4) is 5.75 Å². The molecule has 6 rings (SSSR count). The Morgan fingerprint density at radius 3 is 2.69 bits per heavy atom. The zero-order valence-electron chi connectivity index (χ0n) is 22.7. The van der Waals surface area contributed by atoms with Gasteiger partial charge < -0.3 is 14.5 Å². The van der Waals surface area contributed by atoms with Crippen LogP contribution in [0.4, 0.5) is 0 Å². The maximum absolute atomic E-state index is 13.9. The number of hydrogen-bond acceptors (Lipinski definition) is 5. The second-order valence-corrected chi connectivity index (χ2v) is 10.9. The van der Waals surface area contributed by atoms with Crippen LogP contribution in [0.3, 0.4) is 0 Å². The maximum Gasteiger partial charge on any atom is 0.272 e. The number of nitrogens with zero attached hydrogens (tertiary/aromatic N) is 4. The second-order valence-electron chi connectivity index (χ2n) is 10.9. The van der Waals surface area contributed by atoms with Gasteiger partial charge in [-0.15, -0.1) is 0 Å². The Bertz CT molecular complexity index is 1450. The second kappa shape index (κ2) is 10.7. The molecule has 3 aromatic rings. The molecule has 3 aliphatic rings. The van der Waals surface area contributed by atoms with Crippen molar-refractivity contribution >= 4 is 28.4 Å². The third-order valence-electron chi connectivity index (χ3n) is 8.57. The first-order chi connectivity index (χ1) is 19.0. The number of aliphatic imine (C=N–C) groups is 1. The number of likely N-dealkylation sites (tertiary alicyclic amines) is 1. The molecule has 2 atom stereocenters. The monoisotopic (exact) mass is 525 g/mol. The van der Waals surface area contributed by atoms with Gasteiger partial charge in [0.15, 0.2) is 0 Å². The van der Waals surface area contributed by atoms with E-state index in [9.17, 15) is 9.59 Å². The van der Waals surface area contributed by atoms with Crippen LogP contribution in [0.25, 0.3) is 10.9 Å². The number of nitrogens with one attached hydrogen (secondary N) is 1. The van der Waals surface area contributed by atoms with Gasteiger partial charge in [-0.3, -0.25) is 19.7 Å². The van der Waals surface area contributed by atoms with E-state index in [-0.39, 0.29) is 17.7 Å². The van der Waals surface area contributed by atoms with Gasteiger partial charge in [0, 0.05) is 49.6 Å². The number of H-pyrrole nitrogens is 1. The van der Waals surface area contributed by atoms with Crippen molar-refractivity contribution in [1.29, 1.82) is 0 Å². The summed E-state index contributed by atoms with van der Waals surface area (Å²) in [7, 11) is 1.67. The number of amides is 2. The van der Waals surface area contributed by atoms with E-state index in [1.54, 1.807) is 13.3 Å². The van der Waals surface area contributed by atoms with E-state index in [1.165, 1.54) is 11.1 Å². The van der Waals surface area contributed by atoms with Crippen molar-refractivity contribution in [1.82, 2.24) is 20.0 Å². The molecule has 0 spiro atoms. The van der Waals surface area contributed by atoms with Gasteiger partial charge in [-0.1, -0.05) is 25.1 Å². The third kappa shape index (κ3) is 4.95. The number of rotatable bonds is 4. The van der Waals surface area contributed by atoms with Gasteiger partial charge in [0.25, 0.3) is 11.8 Å². The normalized spacial score (nSPS) is 21.8. The number of fused-ring (bicyclic) bond motifs is 1. The van der Waals surface area contributed by atoms with Crippen molar-refractivity contribution in [2.45, 2.75) is 38.5 Å². The first-order valence-electron chi connectivity index (χ1n) is 13.9. The van der Waals surface area contributed by atoms with Gasteiger partial charge in [0.1, 0.15) is 11.5 Å². The summed E-state index contributed by atoms with van der Waals surface area (Å²) in [6.45, 7) is 5.40. The van der Waals surface area contributed by atoms with E-state index in [0.29, 0.717) is 49.8 Å². The molecular weight excluding hydrogens is 490 g/mol. The Morgan fingerprint density at radius 2 is 1.87 bits per heavy atom. The smallest absolute Gasteiger partial charge is 0.272 e. The van der Waals surface area contributed by atoms with Crippen molar-refractivity contribution in [2.24, 2.45) is 10.9 Å². The van der Waals surface area contributed by atoms with E-state index < -0.39 is 0 Å². The maximum atomic E-state index is 13.9. The first-order valence-corrected chi connectivity index (χ1v) is 13.9. The fraction of sp³-hybridized carbons (Fsp3) is 0.419. The number of methoxy groups -OCH3 is 1. The molecule has 2 unspecified atom stereocenters. The van der Waals surface area contributed by atoms with Crippen molar-refractivity contribution in [3.05, 3.63) is 70.9 Å². The average molecular weight is 526 g/mol. The molecule has 202 valence electrons. The summed E-state index contributed by atoms with van der Waals surface area (Å²) in [5.74, 6) is 1.47. The van der Waals surface area contributed by atoms with Crippen LogP contribution in [-0.2, 0) is 4.79 Å². The SMILES string of the molecule is COc1ccc(C2CCCN(C(=O)C3=NCCC(C)C4=C3CCN(C(=O)c3ccc5cn[nH]c5c3)C4)C2)cc1. The Kier molecular flexibility index (Phi) is 6.94. The minimum atomic E-state index is 0.0117. The molecular formula is C31H35N5O3. The zero-order valence-corrected chi connectivity index (χ0v) is 22.7. The minimum Gasteiger partial charge on any atom is -0.497 e. The lowest BCUT2D eigenvalue weighted by atomic mass is 9.86. The number of benzene rings is 2. The fourth-order valence-corrected chi connectivity index (χ4v) is 6.23. The van der Waals surface area contributed by atoms with Crippen molar-refractivity contribution in [3.63, 3.8) is 0 Å². The van der Waals surface area contributed by atoms with E-state index in [4.69, 9.17) is 9.73 Å². The van der Waals surface area contributed by atoms with Crippen LogP contribution in [0.1, 0.15) is 54.4 Å². The summed E-state index contributed by atoms with van der Waals surface area (Å²) in [5, 5.41) is 8.01. The molecule has 1 saturated heterocycles. The van der Waals surface area contributed by atoms with Gasteiger partial charge in [-0.2, -0.15) is 5.10 Å². The number of piperidine rings is 1. The first kappa shape index (κ1) is 25.3. The molecule has 1 fully saturated rings. The molecule has 2 amide bonds. The number of aromatic amines is 1. The average Bonchev–Trinajstić information content (AvgIpc) is 3.40. The predicted molar refractivity (Wildman–Crippen MR) is 151 cm³/mol. The highest BCUT2D eigenvalue weighted by Crippen LogP contribution is 2.33. The van der Waals surface area contributed by atoms with Crippen LogP contribution in [0.15, 0.2) is 64.8 Å². The van der Waals surface area contributed by atoms with Gasteiger partial charge >= 0.3 is 0 Å². The van der Waals surface area contributed by atoms with Gasteiger partial charge in [-0.05, 0) is 72.6 Å². The molecule has 8 nitrogen and oxygen atoms in total. The lowest BCUT2D eigenvalue weighted by Crippen LogP contribution is -2.45. The molecule has 1 N–H and O–H groups in total. The zero-order chi connectivity index (χ0) is 26.9. The Morgan fingerprint density at radius 1 is 1.03 bits per heavy atom. The highest BCUT2D eigenvalue weighted by atomic mass is 16.5. The molecule has 0 radical (unpaired) electrons. The lowest BCUT2D eigenvalue weighted by molar-refractivity contribution is -0.125. The topological polar surface area (TPSA) is 90.9 Å². The molecule has 4 heterocycles. The number of carbonyl (C=O) groups is 2.